The third-order valence-electron chi connectivity index (χ3n) is 4.25. The Kier molecular flexibility index (Phi) is 6.69. The molecule has 0 amide bonds. The van der Waals surface area contributed by atoms with Crippen LogP contribution >= 0.6 is 12.2 Å². The first-order chi connectivity index (χ1) is 12.3. The number of fused-ring (bicyclic) bond motifs is 1. The van der Waals surface area contributed by atoms with Gasteiger partial charge >= 0.3 is 11.2 Å². The van der Waals surface area contributed by atoms with Gasteiger partial charge in [0.25, 0.3) is 0 Å². The number of methoxy groups -OCH3 is 1. The van der Waals surface area contributed by atoms with Gasteiger partial charge in [-0.2, -0.15) is 0 Å². The number of carbonyl (C=O) groups is 2. The quantitative estimate of drug-likeness (QED) is 0.562. The molecule has 0 aliphatic rings. The summed E-state index contributed by atoms with van der Waals surface area (Å²) in [5.74, 6) is -0.548. The van der Waals surface area contributed by atoms with E-state index in [9.17, 15) is 9.59 Å². The molecular weight excluding hydrogens is 352 g/mol. The summed E-state index contributed by atoms with van der Waals surface area (Å²) in [7, 11) is 1.62. The molecule has 1 unspecified atom stereocenters. The Morgan fingerprint density at radius 1 is 1.08 bits per heavy atom. The lowest BCUT2D eigenvalue weighted by molar-refractivity contribution is -0.138. The first kappa shape index (κ1) is 19.8. The van der Waals surface area contributed by atoms with Crippen molar-refractivity contribution in [2.24, 2.45) is 5.92 Å². The molecule has 0 N–H and O–H groups in total. The normalized spacial score (nSPS) is 12.9. The molecule has 0 heterocycles. The van der Waals surface area contributed by atoms with Gasteiger partial charge in [0, 0.05) is 18.1 Å². The van der Waals surface area contributed by atoms with Gasteiger partial charge in [0.1, 0.15) is 18.1 Å². The molecule has 2 atom stereocenters. The van der Waals surface area contributed by atoms with Crippen LogP contribution in [0.25, 0.3) is 10.8 Å². The number of hydrogen-bond donors (Lipinski definition) is 0. The van der Waals surface area contributed by atoms with Crippen LogP contribution in [0.4, 0.5) is 0 Å². The molecule has 0 aliphatic carbocycles. The molecule has 5 nitrogen and oxygen atoms in total. The fraction of sp³-hybridized carbons (Fsp3) is 0.350. The van der Waals surface area contributed by atoms with Crippen molar-refractivity contribution in [3.63, 3.8) is 0 Å². The molecule has 26 heavy (non-hydrogen) atoms. The van der Waals surface area contributed by atoms with E-state index in [1.165, 1.54) is 6.92 Å². The van der Waals surface area contributed by atoms with E-state index >= 15 is 0 Å². The van der Waals surface area contributed by atoms with Gasteiger partial charge in [0.05, 0.1) is 13.0 Å². The highest BCUT2D eigenvalue weighted by molar-refractivity contribution is 7.79. The summed E-state index contributed by atoms with van der Waals surface area (Å²) in [5, 5.41) is 1.75. The predicted octanol–water partition coefficient (Wildman–Crippen LogP) is 4.02. The minimum Gasteiger partial charge on any atom is -0.497 e. The Labute approximate surface area is 158 Å². The number of carbonyl (C=O) groups excluding carboxylic acids is 2. The van der Waals surface area contributed by atoms with Crippen LogP contribution in [-0.4, -0.2) is 30.7 Å². The van der Waals surface area contributed by atoms with E-state index < -0.39 is 11.9 Å². The Morgan fingerprint density at radius 2 is 1.73 bits per heavy atom. The molecule has 2 aromatic carbocycles. The minimum atomic E-state index is -0.506. The summed E-state index contributed by atoms with van der Waals surface area (Å²) in [4.78, 5) is 23.5. The average molecular weight is 374 g/mol. The van der Waals surface area contributed by atoms with Gasteiger partial charge in [-0.25, -0.2) is 0 Å². The lowest BCUT2D eigenvalue weighted by Crippen LogP contribution is -2.22. The molecule has 0 saturated carbocycles. The molecule has 0 spiro atoms. The summed E-state index contributed by atoms with van der Waals surface area (Å²) in [6.45, 7) is 5.03. The molecule has 0 aromatic heterocycles. The SMILES string of the molecule is COc1ccc2cc([C@H](C)C(=O)OC(=S)OCC(C)C(C)=O)ccc2c1. The number of benzene rings is 2. The van der Waals surface area contributed by atoms with Gasteiger partial charge in [-0.1, -0.05) is 31.2 Å². The number of Topliss-reactive ketones (excluding diaryl/α,β-unsaturated/α-hetero) is 1. The van der Waals surface area contributed by atoms with Gasteiger partial charge in [0.2, 0.25) is 0 Å². The smallest absolute Gasteiger partial charge is 0.360 e. The third kappa shape index (κ3) is 5.02. The molecule has 138 valence electrons. The number of rotatable bonds is 6. The van der Waals surface area contributed by atoms with E-state index in [-0.39, 0.29) is 23.5 Å². The van der Waals surface area contributed by atoms with Gasteiger partial charge in [-0.15, -0.1) is 0 Å². The van der Waals surface area contributed by atoms with E-state index in [0.717, 1.165) is 22.1 Å². The van der Waals surface area contributed by atoms with Crippen molar-refractivity contribution in [3.8, 4) is 5.75 Å². The fourth-order valence-corrected chi connectivity index (χ4v) is 2.44. The highest BCUT2D eigenvalue weighted by atomic mass is 32.1. The second-order valence-electron chi connectivity index (χ2n) is 6.19. The van der Waals surface area contributed by atoms with Crippen LogP contribution in [0.2, 0.25) is 0 Å². The average Bonchev–Trinajstić information content (AvgIpc) is 2.64. The Balaban J connectivity index is 2.02. The first-order valence-electron chi connectivity index (χ1n) is 8.28. The van der Waals surface area contributed by atoms with Gasteiger partial charge < -0.3 is 14.2 Å². The summed E-state index contributed by atoms with van der Waals surface area (Å²) < 4.78 is 15.5. The van der Waals surface area contributed by atoms with Crippen LogP contribution in [0.15, 0.2) is 36.4 Å². The van der Waals surface area contributed by atoms with E-state index in [1.807, 2.05) is 36.4 Å². The molecule has 6 heteroatoms. The van der Waals surface area contributed by atoms with Crippen molar-refractivity contribution >= 4 is 40.0 Å². The number of ether oxygens (including phenoxy) is 3. The van der Waals surface area contributed by atoms with Crippen LogP contribution in [0.1, 0.15) is 32.3 Å². The highest BCUT2D eigenvalue weighted by Gasteiger charge is 2.20. The fourth-order valence-electron chi connectivity index (χ4n) is 2.29. The van der Waals surface area contributed by atoms with Crippen molar-refractivity contribution in [1.29, 1.82) is 0 Å². The van der Waals surface area contributed by atoms with Gasteiger partial charge in [-0.05, 0) is 42.3 Å². The zero-order chi connectivity index (χ0) is 19.3. The number of ketones is 1. The molecule has 2 rings (SSSR count). The van der Waals surface area contributed by atoms with Crippen molar-refractivity contribution in [2.45, 2.75) is 26.7 Å². The van der Waals surface area contributed by atoms with E-state index in [1.54, 1.807) is 21.0 Å². The molecule has 0 fully saturated rings. The van der Waals surface area contributed by atoms with Gasteiger partial charge in [-0.3, -0.25) is 9.59 Å². The van der Waals surface area contributed by atoms with Crippen LogP contribution < -0.4 is 4.74 Å². The summed E-state index contributed by atoms with van der Waals surface area (Å²) in [6.07, 6.45) is 0. The standard InChI is InChI=1S/C20H22O5S/c1-12(14(3)21)11-24-20(26)25-19(22)13(2)15-5-6-17-10-18(23-4)8-7-16(17)9-15/h5-10,12-13H,11H2,1-4H3/t12?,13-/m0/s1. The minimum absolute atomic E-state index is 0.0136. The van der Waals surface area contributed by atoms with Crippen LogP contribution in [-0.2, 0) is 19.1 Å². The second kappa shape index (κ2) is 8.76. The van der Waals surface area contributed by atoms with Crippen LogP contribution in [0.5, 0.6) is 5.75 Å². The summed E-state index contributed by atoms with van der Waals surface area (Å²) >= 11 is 4.92. The maximum absolute atomic E-state index is 12.3. The molecule has 2 aromatic rings. The lowest BCUT2D eigenvalue weighted by Gasteiger charge is -2.14. The number of thiocarbonyl (C=S) groups is 1. The third-order valence-corrected chi connectivity index (χ3v) is 4.46. The molecule has 0 bridgehead atoms. The van der Waals surface area contributed by atoms with Gasteiger partial charge in [0.15, 0.2) is 0 Å². The predicted molar refractivity (Wildman–Crippen MR) is 103 cm³/mol. The lowest BCUT2D eigenvalue weighted by atomic mass is 9.98. The topological polar surface area (TPSA) is 61.8 Å². The molecule has 0 radical (unpaired) electrons. The Hall–Kier alpha value is -2.47. The largest absolute Gasteiger partial charge is 0.497 e. The van der Waals surface area contributed by atoms with Crippen LogP contribution in [0, 0.1) is 5.92 Å². The van der Waals surface area contributed by atoms with E-state index in [2.05, 4.69) is 0 Å². The number of esters is 1. The summed E-state index contributed by atoms with van der Waals surface area (Å²) in [6, 6.07) is 11.5. The maximum Gasteiger partial charge on any atom is 0.360 e. The zero-order valence-electron chi connectivity index (χ0n) is 15.3. The second-order valence-corrected chi connectivity index (χ2v) is 6.52. The first-order valence-corrected chi connectivity index (χ1v) is 8.69. The van der Waals surface area contributed by atoms with Crippen molar-refractivity contribution in [1.82, 2.24) is 0 Å². The van der Waals surface area contributed by atoms with Crippen molar-refractivity contribution < 1.29 is 23.8 Å². The monoisotopic (exact) mass is 374 g/mol. The van der Waals surface area contributed by atoms with Crippen LogP contribution in [0.3, 0.4) is 0 Å². The molecule has 0 aliphatic heterocycles. The molecular formula is C20H22O5S. The van der Waals surface area contributed by atoms with E-state index in [0.29, 0.717) is 0 Å². The zero-order valence-corrected chi connectivity index (χ0v) is 16.1. The number of hydrogen-bond acceptors (Lipinski definition) is 6. The molecule has 0 saturated heterocycles. The Morgan fingerprint density at radius 3 is 2.38 bits per heavy atom. The highest BCUT2D eigenvalue weighted by Crippen LogP contribution is 2.25. The van der Waals surface area contributed by atoms with Crippen molar-refractivity contribution in [2.75, 3.05) is 13.7 Å². The van der Waals surface area contributed by atoms with E-state index in [4.69, 9.17) is 26.4 Å². The maximum atomic E-state index is 12.3. The Bertz CT molecular complexity index is 830. The van der Waals surface area contributed by atoms with Crippen molar-refractivity contribution in [3.05, 3.63) is 42.0 Å². The summed E-state index contributed by atoms with van der Waals surface area (Å²) in [5.41, 5.74) is 0.813.